The third-order valence-electron chi connectivity index (χ3n) is 3.05. The van der Waals surface area contributed by atoms with Crippen molar-refractivity contribution in [3.63, 3.8) is 0 Å². The van der Waals surface area contributed by atoms with Gasteiger partial charge in [0.1, 0.15) is 0 Å². The largest absolute Gasteiger partial charge is 0.288 e. The van der Waals surface area contributed by atoms with Crippen molar-refractivity contribution in [3.8, 4) is 11.1 Å². The van der Waals surface area contributed by atoms with E-state index in [2.05, 4.69) is 28.1 Å². The first kappa shape index (κ1) is 13.3. The van der Waals surface area contributed by atoms with Crippen LogP contribution in [0, 0.1) is 0 Å². The van der Waals surface area contributed by atoms with E-state index in [0.717, 1.165) is 25.4 Å². The Morgan fingerprint density at radius 1 is 0.800 bits per heavy atom. The first-order chi connectivity index (χ1) is 9.74. The van der Waals surface area contributed by atoms with Gasteiger partial charge in [-0.1, -0.05) is 54.6 Å². The highest BCUT2D eigenvalue weighted by molar-refractivity contribution is 9.11. The van der Waals surface area contributed by atoms with Crippen LogP contribution < -0.4 is 0 Å². The van der Waals surface area contributed by atoms with Crippen molar-refractivity contribution < 1.29 is 4.79 Å². The van der Waals surface area contributed by atoms with Crippen LogP contribution in [0.2, 0.25) is 0 Å². The summed E-state index contributed by atoms with van der Waals surface area (Å²) < 4.78 is 0.974. The van der Waals surface area contributed by atoms with Crippen LogP contribution in [-0.4, -0.2) is 5.78 Å². The topological polar surface area (TPSA) is 17.1 Å². The van der Waals surface area contributed by atoms with Crippen molar-refractivity contribution in [2.24, 2.45) is 0 Å². The molecule has 0 amide bonds. The molecule has 0 aliphatic rings. The Morgan fingerprint density at radius 2 is 1.45 bits per heavy atom. The molecule has 0 bridgehead atoms. The first-order valence-electron chi connectivity index (χ1n) is 6.19. The molecule has 3 heteroatoms. The summed E-state index contributed by atoms with van der Waals surface area (Å²) in [5, 5.41) is 0. The van der Waals surface area contributed by atoms with Crippen LogP contribution in [0.4, 0.5) is 0 Å². The number of thiophene rings is 1. The summed E-state index contributed by atoms with van der Waals surface area (Å²) >= 11 is 4.84. The molecule has 20 heavy (non-hydrogen) atoms. The quantitative estimate of drug-likeness (QED) is 0.581. The second kappa shape index (κ2) is 5.73. The molecule has 0 unspecified atom stereocenters. The van der Waals surface area contributed by atoms with Gasteiger partial charge in [0.05, 0.1) is 8.66 Å². The Balaban J connectivity index is 1.88. The molecular weight excluding hydrogens is 332 g/mol. The molecular formula is C17H11BrOS. The molecule has 98 valence electrons. The highest BCUT2D eigenvalue weighted by Gasteiger charge is 2.11. The van der Waals surface area contributed by atoms with Gasteiger partial charge >= 0.3 is 0 Å². The van der Waals surface area contributed by atoms with Gasteiger partial charge in [0.2, 0.25) is 5.78 Å². The third kappa shape index (κ3) is 2.74. The van der Waals surface area contributed by atoms with Gasteiger partial charge in [-0.25, -0.2) is 0 Å². The maximum absolute atomic E-state index is 12.3. The van der Waals surface area contributed by atoms with E-state index >= 15 is 0 Å². The summed E-state index contributed by atoms with van der Waals surface area (Å²) in [6.45, 7) is 0. The highest BCUT2D eigenvalue weighted by atomic mass is 79.9. The van der Waals surface area contributed by atoms with Crippen molar-refractivity contribution in [2.75, 3.05) is 0 Å². The zero-order chi connectivity index (χ0) is 13.9. The van der Waals surface area contributed by atoms with Crippen LogP contribution in [0.3, 0.4) is 0 Å². The van der Waals surface area contributed by atoms with Gasteiger partial charge < -0.3 is 0 Å². The van der Waals surface area contributed by atoms with Crippen LogP contribution in [0.25, 0.3) is 11.1 Å². The number of benzene rings is 2. The number of hydrogen-bond donors (Lipinski definition) is 0. The van der Waals surface area contributed by atoms with Crippen molar-refractivity contribution in [1.29, 1.82) is 0 Å². The Hall–Kier alpha value is -1.71. The lowest BCUT2D eigenvalue weighted by Gasteiger charge is -2.03. The Labute approximate surface area is 130 Å². The highest BCUT2D eigenvalue weighted by Crippen LogP contribution is 2.25. The van der Waals surface area contributed by atoms with Gasteiger partial charge in [-0.3, -0.25) is 4.79 Å². The van der Waals surface area contributed by atoms with E-state index in [0.29, 0.717) is 0 Å². The molecule has 1 nitrogen and oxygen atoms in total. The summed E-state index contributed by atoms with van der Waals surface area (Å²) in [5.41, 5.74) is 3.00. The molecule has 0 N–H and O–H groups in total. The molecule has 1 aromatic heterocycles. The van der Waals surface area contributed by atoms with Crippen molar-refractivity contribution in [3.05, 3.63) is 81.0 Å². The van der Waals surface area contributed by atoms with Crippen LogP contribution in [0.5, 0.6) is 0 Å². The molecule has 0 saturated heterocycles. The number of hydrogen-bond acceptors (Lipinski definition) is 2. The van der Waals surface area contributed by atoms with Crippen LogP contribution in [0.15, 0.2) is 70.5 Å². The number of ketones is 1. The molecule has 0 fully saturated rings. The fraction of sp³-hybridized carbons (Fsp3) is 0. The van der Waals surface area contributed by atoms with Gasteiger partial charge in [0, 0.05) is 5.56 Å². The fourth-order valence-electron chi connectivity index (χ4n) is 2.02. The number of rotatable bonds is 3. The number of carbonyl (C=O) groups is 1. The van der Waals surface area contributed by atoms with E-state index < -0.39 is 0 Å². The molecule has 0 radical (unpaired) electrons. The minimum atomic E-state index is 0.0697. The standard InChI is InChI=1S/C17H11BrOS/c18-16-11-10-15(20-16)17(19)14-8-6-13(7-9-14)12-4-2-1-3-5-12/h1-11H. The number of carbonyl (C=O) groups excluding carboxylic acids is 1. The molecule has 0 aliphatic carbocycles. The minimum Gasteiger partial charge on any atom is -0.288 e. The smallest absolute Gasteiger partial charge is 0.202 e. The summed E-state index contributed by atoms with van der Waals surface area (Å²) in [6.07, 6.45) is 0. The summed E-state index contributed by atoms with van der Waals surface area (Å²) in [7, 11) is 0. The monoisotopic (exact) mass is 342 g/mol. The van der Waals surface area contributed by atoms with Crippen molar-refractivity contribution in [1.82, 2.24) is 0 Å². The Morgan fingerprint density at radius 3 is 2.05 bits per heavy atom. The van der Waals surface area contributed by atoms with Crippen molar-refractivity contribution in [2.45, 2.75) is 0 Å². The van der Waals surface area contributed by atoms with Gasteiger partial charge in [-0.2, -0.15) is 0 Å². The predicted octanol–water partition coefficient (Wildman–Crippen LogP) is 5.41. The summed E-state index contributed by atoms with van der Waals surface area (Å²) in [4.78, 5) is 13.1. The van der Waals surface area contributed by atoms with Gasteiger partial charge in [0.25, 0.3) is 0 Å². The van der Waals surface area contributed by atoms with Crippen molar-refractivity contribution >= 4 is 33.0 Å². The van der Waals surface area contributed by atoms with Crippen LogP contribution in [0.1, 0.15) is 15.2 Å². The zero-order valence-electron chi connectivity index (χ0n) is 10.5. The van der Waals surface area contributed by atoms with E-state index in [-0.39, 0.29) is 5.78 Å². The summed E-state index contributed by atoms with van der Waals surface area (Å²) in [5.74, 6) is 0.0697. The average Bonchev–Trinajstić information content (AvgIpc) is 2.94. The third-order valence-corrected chi connectivity index (χ3v) is 4.67. The van der Waals surface area contributed by atoms with E-state index in [1.54, 1.807) is 0 Å². The molecule has 0 spiro atoms. The van der Waals surface area contributed by atoms with E-state index in [1.807, 2.05) is 54.6 Å². The normalized spacial score (nSPS) is 10.4. The van der Waals surface area contributed by atoms with E-state index in [4.69, 9.17) is 0 Å². The molecule has 0 atom stereocenters. The van der Waals surface area contributed by atoms with Crippen LogP contribution in [-0.2, 0) is 0 Å². The molecule has 3 aromatic rings. The zero-order valence-corrected chi connectivity index (χ0v) is 12.9. The van der Waals surface area contributed by atoms with E-state index in [1.165, 1.54) is 11.3 Å². The maximum Gasteiger partial charge on any atom is 0.202 e. The SMILES string of the molecule is O=C(c1ccc(-c2ccccc2)cc1)c1ccc(Br)s1. The predicted molar refractivity (Wildman–Crippen MR) is 87.3 cm³/mol. The molecule has 0 saturated carbocycles. The second-order valence-corrected chi connectivity index (χ2v) is 6.84. The Kier molecular flexibility index (Phi) is 3.81. The first-order valence-corrected chi connectivity index (χ1v) is 7.80. The molecule has 0 aliphatic heterocycles. The Bertz CT molecular complexity index is 729. The molecule has 1 heterocycles. The lowest BCUT2D eigenvalue weighted by Crippen LogP contribution is -1.97. The lowest BCUT2D eigenvalue weighted by atomic mass is 10.0. The van der Waals surface area contributed by atoms with Gasteiger partial charge in [-0.15, -0.1) is 11.3 Å². The number of halogens is 1. The lowest BCUT2D eigenvalue weighted by molar-refractivity contribution is 0.104. The van der Waals surface area contributed by atoms with Gasteiger partial charge in [-0.05, 0) is 39.2 Å². The van der Waals surface area contributed by atoms with E-state index in [9.17, 15) is 4.79 Å². The fourth-order valence-corrected chi connectivity index (χ4v) is 3.37. The summed E-state index contributed by atoms with van der Waals surface area (Å²) in [6, 6.07) is 21.6. The minimum absolute atomic E-state index is 0.0697. The van der Waals surface area contributed by atoms with Gasteiger partial charge in [0.15, 0.2) is 0 Å². The maximum atomic E-state index is 12.3. The molecule has 3 rings (SSSR count). The average molecular weight is 343 g/mol. The van der Waals surface area contributed by atoms with Crippen LogP contribution >= 0.6 is 27.3 Å². The second-order valence-electron chi connectivity index (χ2n) is 4.38. The molecule has 2 aromatic carbocycles.